The van der Waals surface area contributed by atoms with Crippen LogP contribution in [0.1, 0.15) is 40.0 Å². The van der Waals surface area contributed by atoms with Crippen molar-refractivity contribution in [1.29, 1.82) is 0 Å². The van der Waals surface area contributed by atoms with Gasteiger partial charge in [-0.25, -0.2) is 0 Å². The van der Waals surface area contributed by atoms with Gasteiger partial charge in [0.2, 0.25) is 0 Å². The smallest absolute Gasteiger partial charge is 0.0754 e. The summed E-state index contributed by atoms with van der Waals surface area (Å²) in [5.41, 5.74) is 0. The van der Waals surface area contributed by atoms with Crippen molar-refractivity contribution >= 4 is 11.6 Å². The number of halogens is 1. The Morgan fingerprint density at radius 1 is 1.40 bits per heavy atom. The standard InChI is InChI=1S/C12H24ClNO/c1-4-10(8-11(13)5-2)12-9(3)14-6-7-15-12/h9-12,14H,4-8H2,1-3H3. The summed E-state index contributed by atoms with van der Waals surface area (Å²) in [6, 6.07) is 0.462. The van der Waals surface area contributed by atoms with E-state index in [9.17, 15) is 0 Å². The lowest BCUT2D eigenvalue weighted by Crippen LogP contribution is -2.50. The molecule has 0 amide bonds. The predicted octanol–water partition coefficient (Wildman–Crippen LogP) is 2.80. The van der Waals surface area contributed by atoms with E-state index < -0.39 is 0 Å². The molecule has 0 aliphatic carbocycles. The Bertz CT molecular complexity index is 177. The second-order valence-corrected chi connectivity index (χ2v) is 5.10. The summed E-state index contributed by atoms with van der Waals surface area (Å²) in [6.45, 7) is 8.40. The third kappa shape index (κ3) is 3.93. The topological polar surface area (TPSA) is 21.3 Å². The van der Waals surface area contributed by atoms with Gasteiger partial charge in [0, 0.05) is 18.0 Å². The first-order valence-corrected chi connectivity index (χ1v) is 6.61. The highest BCUT2D eigenvalue weighted by atomic mass is 35.5. The molecule has 1 rings (SSSR count). The lowest BCUT2D eigenvalue weighted by atomic mass is 9.88. The maximum atomic E-state index is 6.23. The molecule has 0 bridgehead atoms. The molecule has 0 radical (unpaired) electrons. The molecule has 1 saturated heterocycles. The number of nitrogens with one attached hydrogen (secondary N) is 1. The van der Waals surface area contributed by atoms with Crippen LogP contribution in [0.4, 0.5) is 0 Å². The van der Waals surface area contributed by atoms with E-state index in [0.29, 0.717) is 23.4 Å². The molecule has 90 valence electrons. The molecular formula is C12H24ClNO. The average molecular weight is 234 g/mol. The summed E-state index contributed by atoms with van der Waals surface area (Å²) >= 11 is 6.23. The van der Waals surface area contributed by atoms with Gasteiger partial charge in [-0.1, -0.05) is 20.3 Å². The Balaban J connectivity index is 2.48. The van der Waals surface area contributed by atoms with E-state index in [4.69, 9.17) is 16.3 Å². The van der Waals surface area contributed by atoms with E-state index in [-0.39, 0.29) is 0 Å². The Hall–Kier alpha value is 0.210. The molecule has 1 aliphatic rings. The molecule has 4 atom stereocenters. The number of hydrogen-bond acceptors (Lipinski definition) is 2. The third-order valence-electron chi connectivity index (χ3n) is 3.36. The minimum absolute atomic E-state index is 0.299. The lowest BCUT2D eigenvalue weighted by Gasteiger charge is -2.36. The van der Waals surface area contributed by atoms with E-state index in [1.165, 1.54) is 0 Å². The van der Waals surface area contributed by atoms with E-state index >= 15 is 0 Å². The van der Waals surface area contributed by atoms with Crippen LogP contribution in [-0.2, 0) is 4.74 Å². The molecule has 0 saturated carbocycles. The van der Waals surface area contributed by atoms with Crippen molar-refractivity contribution in [3.05, 3.63) is 0 Å². The molecule has 0 aromatic rings. The van der Waals surface area contributed by atoms with Crippen LogP contribution in [0.25, 0.3) is 0 Å². The molecule has 1 N–H and O–H groups in total. The molecule has 4 unspecified atom stereocenters. The number of rotatable bonds is 5. The van der Waals surface area contributed by atoms with Crippen molar-refractivity contribution in [2.45, 2.75) is 57.6 Å². The van der Waals surface area contributed by atoms with Gasteiger partial charge >= 0.3 is 0 Å². The third-order valence-corrected chi connectivity index (χ3v) is 3.85. The highest BCUT2D eigenvalue weighted by Gasteiger charge is 2.29. The summed E-state index contributed by atoms with van der Waals surface area (Å²) in [6.07, 6.45) is 3.62. The monoisotopic (exact) mass is 233 g/mol. The van der Waals surface area contributed by atoms with Crippen LogP contribution in [0, 0.1) is 5.92 Å². The van der Waals surface area contributed by atoms with Crippen molar-refractivity contribution in [1.82, 2.24) is 5.32 Å². The Kier molecular flexibility index (Phi) is 5.95. The maximum Gasteiger partial charge on any atom is 0.0754 e. The Labute approximate surface area is 98.7 Å². The predicted molar refractivity (Wildman–Crippen MR) is 65.5 cm³/mol. The van der Waals surface area contributed by atoms with Crippen molar-refractivity contribution in [2.75, 3.05) is 13.2 Å². The van der Waals surface area contributed by atoms with Crippen LogP contribution in [-0.4, -0.2) is 30.7 Å². The molecule has 1 fully saturated rings. The number of ether oxygens (including phenoxy) is 1. The van der Waals surface area contributed by atoms with Crippen molar-refractivity contribution in [2.24, 2.45) is 5.92 Å². The second kappa shape index (κ2) is 6.72. The van der Waals surface area contributed by atoms with Gasteiger partial charge in [-0.3, -0.25) is 0 Å². The Morgan fingerprint density at radius 2 is 2.13 bits per heavy atom. The van der Waals surface area contributed by atoms with Gasteiger partial charge in [0.1, 0.15) is 0 Å². The van der Waals surface area contributed by atoms with Crippen molar-refractivity contribution < 1.29 is 4.74 Å². The van der Waals surface area contributed by atoms with Gasteiger partial charge in [-0.15, -0.1) is 11.6 Å². The molecule has 0 spiro atoms. The quantitative estimate of drug-likeness (QED) is 0.738. The van der Waals surface area contributed by atoms with Crippen LogP contribution < -0.4 is 5.32 Å². The van der Waals surface area contributed by atoms with Crippen molar-refractivity contribution in [3.8, 4) is 0 Å². The van der Waals surface area contributed by atoms with Crippen LogP contribution >= 0.6 is 11.6 Å². The zero-order valence-electron chi connectivity index (χ0n) is 10.1. The van der Waals surface area contributed by atoms with E-state index in [1.54, 1.807) is 0 Å². The van der Waals surface area contributed by atoms with E-state index in [1.807, 2.05) is 0 Å². The number of alkyl halides is 1. The summed E-state index contributed by atoms with van der Waals surface area (Å²) in [5.74, 6) is 0.593. The zero-order chi connectivity index (χ0) is 11.3. The second-order valence-electron chi connectivity index (χ2n) is 4.49. The van der Waals surface area contributed by atoms with Gasteiger partial charge in [0.05, 0.1) is 12.7 Å². The van der Waals surface area contributed by atoms with Gasteiger partial charge in [0.25, 0.3) is 0 Å². The SMILES string of the molecule is CCC(Cl)CC(CC)C1OCCNC1C. The van der Waals surface area contributed by atoms with Crippen molar-refractivity contribution in [3.63, 3.8) is 0 Å². The highest BCUT2D eigenvalue weighted by Crippen LogP contribution is 2.25. The molecule has 1 aliphatic heterocycles. The fourth-order valence-electron chi connectivity index (χ4n) is 2.31. The summed E-state index contributed by atoms with van der Waals surface area (Å²) in [5, 5.41) is 3.77. The lowest BCUT2D eigenvalue weighted by molar-refractivity contribution is -0.0380. The van der Waals surface area contributed by atoms with E-state index in [2.05, 4.69) is 26.1 Å². The first-order valence-electron chi connectivity index (χ1n) is 6.18. The zero-order valence-corrected chi connectivity index (χ0v) is 10.9. The average Bonchev–Trinajstić information content (AvgIpc) is 2.26. The van der Waals surface area contributed by atoms with Crippen LogP contribution in [0.2, 0.25) is 0 Å². The molecule has 0 aromatic heterocycles. The maximum absolute atomic E-state index is 6.23. The number of hydrogen-bond donors (Lipinski definition) is 1. The first-order chi connectivity index (χ1) is 7.19. The van der Waals surface area contributed by atoms with Crippen LogP contribution in [0.5, 0.6) is 0 Å². The molecule has 3 heteroatoms. The largest absolute Gasteiger partial charge is 0.375 e. The summed E-state index contributed by atoms with van der Waals surface area (Å²) in [4.78, 5) is 0. The fourth-order valence-corrected chi connectivity index (χ4v) is 2.54. The van der Waals surface area contributed by atoms with Crippen LogP contribution in [0.3, 0.4) is 0 Å². The molecule has 1 heterocycles. The van der Waals surface area contributed by atoms with E-state index in [0.717, 1.165) is 32.4 Å². The van der Waals surface area contributed by atoms with Gasteiger partial charge in [-0.05, 0) is 25.7 Å². The highest BCUT2D eigenvalue weighted by molar-refractivity contribution is 6.20. The summed E-state index contributed by atoms with van der Waals surface area (Å²) in [7, 11) is 0. The fraction of sp³-hybridized carbons (Fsp3) is 1.00. The van der Waals surface area contributed by atoms with Gasteiger partial charge < -0.3 is 10.1 Å². The minimum atomic E-state index is 0.299. The minimum Gasteiger partial charge on any atom is -0.375 e. The normalized spacial score (nSPS) is 31.2. The Morgan fingerprint density at radius 3 is 2.67 bits per heavy atom. The molecule has 0 aromatic carbocycles. The van der Waals surface area contributed by atoms with Gasteiger partial charge in [-0.2, -0.15) is 0 Å². The number of morpholine rings is 1. The van der Waals surface area contributed by atoms with Crippen LogP contribution in [0.15, 0.2) is 0 Å². The summed E-state index contributed by atoms with van der Waals surface area (Å²) < 4.78 is 5.87. The molecule has 2 nitrogen and oxygen atoms in total. The molecular weight excluding hydrogens is 210 g/mol. The van der Waals surface area contributed by atoms with Gasteiger partial charge in [0.15, 0.2) is 0 Å². The first kappa shape index (κ1) is 13.3. The molecule has 15 heavy (non-hydrogen) atoms.